The summed E-state index contributed by atoms with van der Waals surface area (Å²) in [5.41, 5.74) is 1.44. The highest BCUT2D eigenvalue weighted by Gasteiger charge is 2.20. The van der Waals surface area contributed by atoms with Crippen molar-refractivity contribution < 1.29 is 0 Å². The van der Waals surface area contributed by atoms with Crippen molar-refractivity contribution in [2.24, 2.45) is 11.8 Å². The summed E-state index contributed by atoms with van der Waals surface area (Å²) >= 11 is 1.84. The lowest BCUT2D eigenvalue weighted by Crippen LogP contribution is -2.26. The minimum atomic E-state index is 0.500. The molecule has 1 heterocycles. The maximum Gasteiger partial charge on any atom is 0.0354 e. The molecule has 0 saturated heterocycles. The van der Waals surface area contributed by atoms with Gasteiger partial charge in [0.25, 0.3) is 0 Å². The fourth-order valence-corrected chi connectivity index (χ4v) is 2.49. The number of rotatable bonds is 4. The van der Waals surface area contributed by atoms with Crippen LogP contribution < -0.4 is 5.32 Å². The van der Waals surface area contributed by atoms with E-state index in [1.165, 1.54) is 10.4 Å². The van der Waals surface area contributed by atoms with E-state index in [9.17, 15) is 0 Å². The van der Waals surface area contributed by atoms with Gasteiger partial charge in [0, 0.05) is 10.9 Å². The highest BCUT2D eigenvalue weighted by molar-refractivity contribution is 7.10. The lowest BCUT2D eigenvalue weighted by molar-refractivity contribution is 0.317. The van der Waals surface area contributed by atoms with Crippen LogP contribution in [0.15, 0.2) is 11.4 Å². The Morgan fingerprint density at radius 3 is 2.29 bits per heavy atom. The lowest BCUT2D eigenvalue weighted by atomic mass is 9.87. The fraction of sp³-hybridized carbons (Fsp3) is 0.667. The van der Waals surface area contributed by atoms with E-state index in [1.807, 2.05) is 11.3 Å². The Hall–Kier alpha value is -0.340. The summed E-state index contributed by atoms with van der Waals surface area (Å²) in [6.07, 6.45) is 0. The molecule has 2 unspecified atom stereocenters. The van der Waals surface area contributed by atoms with Crippen LogP contribution in [0.25, 0.3) is 0 Å². The average Bonchev–Trinajstić information content (AvgIpc) is 2.53. The van der Waals surface area contributed by atoms with Crippen molar-refractivity contribution in [3.05, 3.63) is 21.9 Å². The van der Waals surface area contributed by atoms with Crippen molar-refractivity contribution >= 4 is 11.3 Å². The molecule has 0 bridgehead atoms. The summed E-state index contributed by atoms with van der Waals surface area (Å²) < 4.78 is 0. The molecule has 1 rings (SSSR count). The molecule has 2 atom stereocenters. The first-order valence-electron chi connectivity index (χ1n) is 5.28. The van der Waals surface area contributed by atoms with Crippen molar-refractivity contribution in [1.29, 1.82) is 0 Å². The zero-order valence-electron chi connectivity index (χ0n) is 9.79. The van der Waals surface area contributed by atoms with Gasteiger partial charge >= 0.3 is 0 Å². The molecule has 1 aromatic rings. The second kappa shape index (κ2) is 4.94. The average molecular weight is 211 g/mol. The molecule has 0 spiro atoms. The molecular formula is C12H21NS. The van der Waals surface area contributed by atoms with Crippen LogP contribution in [0.2, 0.25) is 0 Å². The topological polar surface area (TPSA) is 12.0 Å². The normalized spacial score (nSPS) is 15.9. The van der Waals surface area contributed by atoms with Gasteiger partial charge in [0.05, 0.1) is 0 Å². The minimum Gasteiger partial charge on any atom is -0.313 e. The fourth-order valence-electron chi connectivity index (χ4n) is 1.74. The van der Waals surface area contributed by atoms with Gasteiger partial charge < -0.3 is 5.32 Å². The summed E-state index contributed by atoms with van der Waals surface area (Å²) in [5.74, 6) is 1.39. The minimum absolute atomic E-state index is 0.500. The predicted octanol–water partition coefficient (Wildman–Crippen LogP) is 3.61. The zero-order chi connectivity index (χ0) is 10.7. The quantitative estimate of drug-likeness (QED) is 0.802. The van der Waals surface area contributed by atoms with Gasteiger partial charge in [-0.05, 0) is 42.8 Å². The molecule has 0 radical (unpaired) electrons. The molecule has 1 aromatic heterocycles. The number of nitrogens with one attached hydrogen (secondary N) is 1. The predicted molar refractivity (Wildman–Crippen MR) is 64.9 cm³/mol. The first-order chi connectivity index (χ1) is 6.56. The third kappa shape index (κ3) is 2.58. The molecule has 1 N–H and O–H groups in total. The smallest absolute Gasteiger partial charge is 0.0354 e. The Morgan fingerprint density at radius 2 is 1.93 bits per heavy atom. The maximum absolute atomic E-state index is 3.42. The number of aryl methyl sites for hydroxylation is 1. The molecule has 14 heavy (non-hydrogen) atoms. The second-order valence-corrected chi connectivity index (χ2v) is 5.48. The van der Waals surface area contributed by atoms with Crippen LogP contribution in [0, 0.1) is 18.8 Å². The van der Waals surface area contributed by atoms with Gasteiger partial charge in [-0.3, -0.25) is 0 Å². The van der Waals surface area contributed by atoms with Gasteiger partial charge in [-0.25, -0.2) is 0 Å². The number of thiophene rings is 1. The van der Waals surface area contributed by atoms with Crippen LogP contribution in [-0.2, 0) is 0 Å². The monoisotopic (exact) mass is 211 g/mol. The first-order valence-corrected chi connectivity index (χ1v) is 6.16. The summed E-state index contributed by atoms with van der Waals surface area (Å²) in [5, 5.41) is 5.69. The van der Waals surface area contributed by atoms with E-state index < -0.39 is 0 Å². The molecule has 0 aromatic carbocycles. The highest BCUT2D eigenvalue weighted by Crippen LogP contribution is 2.29. The standard InChI is InChI=1S/C12H21NS/c1-8(2)10(4)12(13-5)11-6-9(3)14-7-11/h6-8,10,12-13H,1-5H3. The van der Waals surface area contributed by atoms with Gasteiger partial charge in [0.2, 0.25) is 0 Å². The van der Waals surface area contributed by atoms with Gasteiger partial charge in [-0.1, -0.05) is 20.8 Å². The molecular weight excluding hydrogens is 190 g/mol. The van der Waals surface area contributed by atoms with E-state index in [0.717, 1.165) is 0 Å². The third-order valence-corrected chi connectivity index (χ3v) is 3.88. The molecule has 0 aliphatic heterocycles. The van der Waals surface area contributed by atoms with Crippen LogP contribution in [0.1, 0.15) is 37.3 Å². The van der Waals surface area contributed by atoms with E-state index >= 15 is 0 Å². The molecule has 0 fully saturated rings. The van der Waals surface area contributed by atoms with Crippen LogP contribution in [-0.4, -0.2) is 7.05 Å². The van der Waals surface area contributed by atoms with Crippen LogP contribution in [0.5, 0.6) is 0 Å². The largest absolute Gasteiger partial charge is 0.313 e. The van der Waals surface area contributed by atoms with E-state index in [2.05, 4.69) is 51.5 Å². The molecule has 0 amide bonds. The molecule has 80 valence electrons. The Bertz CT molecular complexity index is 278. The summed E-state index contributed by atoms with van der Waals surface area (Å²) in [7, 11) is 2.05. The van der Waals surface area contributed by atoms with Gasteiger partial charge in [0.15, 0.2) is 0 Å². The molecule has 0 saturated carbocycles. The Kier molecular flexibility index (Phi) is 4.14. The number of hydrogen-bond donors (Lipinski definition) is 1. The van der Waals surface area contributed by atoms with Gasteiger partial charge in [0.1, 0.15) is 0 Å². The molecule has 1 nitrogen and oxygen atoms in total. The number of hydrogen-bond acceptors (Lipinski definition) is 2. The Labute approximate surface area is 91.5 Å². The van der Waals surface area contributed by atoms with E-state index in [1.54, 1.807) is 0 Å². The van der Waals surface area contributed by atoms with Crippen molar-refractivity contribution in [3.8, 4) is 0 Å². The zero-order valence-corrected chi connectivity index (χ0v) is 10.6. The summed E-state index contributed by atoms with van der Waals surface area (Å²) in [4.78, 5) is 1.40. The van der Waals surface area contributed by atoms with Crippen LogP contribution in [0.3, 0.4) is 0 Å². The second-order valence-electron chi connectivity index (χ2n) is 4.36. The lowest BCUT2D eigenvalue weighted by Gasteiger charge is -2.26. The maximum atomic E-state index is 3.42. The van der Waals surface area contributed by atoms with Crippen molar-refractivity contribution in [2.45, 2.75) is 33.7 Å². The van der Waals surface area contributed by atoms with E-state index in [0.29, 0.717) is 17.9 Å². The van der Waals surface area contributed by atoms with Gasteiger partial charge in [-0.15, -0.1) is 11.3 Å². The van der Waals surface area contributed by atoms with Crippen molar-refractivity contribution in [1.82, 2.24) is 5.32 Å². The SMILES string of the molecule is CNC(c1csc(C)c1)C(C)C(C)C. The van der Waals surface area contributed by atoms with Crippen LogP contribution in [0.4, 0.5) is 0 Å². The Balaban J connectivity index is 2.81. The summed E-state index contributed by atoms with van der Waals surface area (Å²) in [6.45, 7) is 9.06. The third-order valence-electron chi connectivity index (χ3n) is 3.00. The van der Waals surface area contributed by atoms with Crippen molar-refractivity contribution in [3.63, 3.8) is 0 Å². The highest BCUT2D eigenvalue weighted by atomic mass is 32.1. The van der Waals surface area contributed by atoms with Crippen molar-refractivity contribution in [2.75, 3.05) is 7.05 Å². The molecule has 0 aliphatic carbocycles. The summed E-state index contributed by atoms with van der Waals surface area (Å²) in [6, 6.07) is 2.80. The van der Waals surface area contributed by atoms with E-state index in [4.69, 9.17) is 0 Å². The van der Waals surface area contributed by atoms with Crippen LogP contribution >= 0.6 is 11.3 Å². The molecule has 2 heteroatoms. The molecule has 0 aliphatic rings. The first kappa shape index (κ1) is 11.7. The Morgan fingerprint density at radius 1 is 1.29 bits per heavy atom. The van der Waals surface area contributed by atoms with Gasteiger partial charge in [-0.2, -0.15) is 0 Å². The van der Waals surface area contributed by atoms with E-state index in [-0.39, 0.29) is 0 Å².